The van der Waals surface area contributed by atoms with Gasteiger partial charge in [0.25, 0.3) is 0 Å². The summed E-state index contributed by atoms with van der Waals surface area (Å²) in [6.07, 6.45) is 3.44. The molecular formula is C10H17I2Zr-. The van der Waals surface area contributed by atoms with Gasteiger partial charge >= 0.3 is 0 Å². The minimum Gasteiger partial charge on any atom is -0.263 e. The normalized spacial score (nSPS) is 18.1. The van der Waals surface area contributed by atoms with Crippen LogP contribution < -0.4 is 0 Å². The maximum atomic E-state index is 3.44. The molecule has 0 nitrogen and oxygen atoms in total. The summed E-state index contributed by atoms with van der Waals surface area (Å²) in [6, 6.07) is 0. The summed E-state index contributed by atoms with van der Waals surface area (Å²) in [5, 5.41) is 0. The van der Waals surface area contributed by atoms with Crippen molar-refractivity contribution in [2.24, 2.45) is 5.41 Å². The standard InChI is InChI=1S/C10H15.2HI.Zr/c1-7-6-10(4,5)9(3)8(7)2;;;/h1-5H3;2*1H;/q-1;;;. The van der Waals surface area contributed by atoms with Gasteiger partial charge in [-0.15, -0.1) is 54.9 Å². The van der Waals surface area contributed by atoms with E-state index in [2.05, 4.69) is 40.7 Å². The van der Waals surface area contributed by atoms with Crippen LogP contribution in [-0.2, 0) is 26.2 Å². The molecule has 0 aliphatic heterocycles. The molecule has 0 aromatic carbocycles. The number of halogens is 2. The van der Waals surface area contributed by atoms with Gasteiger partial charge in [-0.25, -0.2) is 5.57 Å². The zero-order valence-corrected chi connectivity index (χ0v) is 15.9. The Hall–Kier alpha value is 1.82. The van der Waals surface area contributed by atoms with E-state index in [4.69, 9.17) is 0 Å². The predicted molar refractivity (Wildman–Crippen MR) is 75.4 cm³/mol. The molecule has 0 bridgehead atoms. The zero-order valence-electron chi connectivity index (χ0n) is 8.82. The van der Waals surface area contributed by atoms with E-state index in [0.29, 0.717) is 0 Å². The molecule has 0 aromatic heterocycles. The molecule has 76 valence electrons. The Bertz CT molecular complexity index is 227. The Kier molecular flexibility index (Phi) is 11.2. The first-order chi connectivity index (χ1) is 4.45. The maximum absolute atomic E-state index is 3.44. The van der Waals surface area contributed by atoms with Crippen molar-refractivity contribution in [1.82, 2.24) is 0 Å². The van der Waals surface area contributed by atoms with Crippen molar-refractivity contribution >= 4 is 48.0 Å². The van der Waals surface area contributed by atoms with Gasteiger partial charge in [0.1, 0.15) is 0 Å². The first-order valence-electron chi connectivity index (χ1n) is 3.75. The van der Waals surface area contributed by atoms with Gasteiger partial charge < -0.3 is 0 Å². The van der Waals surface area contributed by atoms with E-state index < -0.39 is 0 Å². The molecule has 1 aliphatic rings. The van der Waals surface area contributed by atoms with Crippen molar-refractivity contribution in [2.75, 3.05) is 0 Å². The van der Waals surface area contributed by atoms with Crippen molar-refractivity contribution in [1.29, 1.82) is 0 Å². The van der Waals surface area contributed by atoms with Gasteiger partial charge in [-0.05, 0) is 0 Å². The third kappa shape index (κ3) is 4.46. The Morgan fingerprint density at radius 3 is 1.46 bits per heavy atom. The van der Waals surface area contributed by atoms with Crippen molar-refractivity contribution in [2.45, 2.75) is 34.6 Å². The minimum absolute atomic E-state index is 0. The zero-order chi connectivity index (χ0) is 7.94. The van der Waals surface area contributed by atoms with Crippen molar-refractivity contribution in [3.63, 3.8) is 0 Å². The number of hydrogen-bond donors (Lipinski definition) is 0. The molecule has 0 saturated heterocycles. The predicted octanol–water partition coefficient (Wildman–Crippen LogP) is 4.35. The molecule has 0 radical (unpaired) electrons. The monoisotopic (exact) mass is 481 g/mol. The quantitative estimate of drug-likeness (QED) is 0.356. The Labute approximate surface area is 135 Å². The molecule has 0 aromatic rings. The number of allylic oxidation sites excluding steroid dienone is 4. The Morgan fingerprint density at radius 1 is 1.00 bits per heavy atom. The van der Waals surface area contributed by atoms with E-state index in [-0.39, 0.29) is 79.6 Å². The Balaban J connectivity index is -0.000000333. The van der Waals surface area contributed by atoms with Gasteiger partial charge in [0.2, 0.25) is 0 Å². The van der Waals surface area contributed by atoms with Crippen LogP contribution in [0, 0.1) is 11.5 Å². The van der Waals surface area contributed by atoms with E-state index in [9.17, 15) is 0 Å². The van der Waals surface area contributed by atoms with E-state index in [1.807, 2.05) is 0 Å². The van der Waals surface area contributed by atoms with Gasteiger partial charge in [-0.3, -0.25) is 6.08 Å². The van der Waals surface area contributed by atoms with Gasteiger partial charge in [0.15, 0.2) is 0 Å². The molecule has 1 rings (SSSR count). The molecule has 3 heteroatoms. The SMILES string of the molecule is CC1=[C-]C(C)(C)C(C)=C1C.I.I.[Zr]. The summed E-state index contributed by atoms with van der Waals surface area (Å²) in [5.74, 6) is 0. The maximum Gasteiger partial charge on any atom is 0 e. The molecular weight excluding hydrogens is 465 g/mol. The summed E-state index contributed by atoms with van der Waals surface area (Å²) < 4.78 is 0. The fraction of sp³-hybridized carbons (Fsp3) is 0.600. The third-order valence-electron chi connectivity index (χ3n) is 2.56. The van der Waals surface area contributed by atoms with E-state index in [1.54, 1.807) is 0 Å². The van der Waals surface area contributed by atoms with Gasteiger partial charge in [0, 0.05) is 26.2 Å². The minimum atomic E-state index is 0. The number of hydrogen-bond acceptors (Lipinski definition) is 0. The van der Waals surface area contributed by atoms with Crippen molar-refractivity contribution in [3.05, 3.63) is 22.8 Å². The summed E-state index contributed by atoms with van der Waals surface area (Å²) in [4.78, 5) is 0. The summed E-state index contributed by atoms with van der Waals surface area (Å²) >= 11 is 0. The summed E-state index contributed by atoms with van der Waals surface area (Å²) in [7, 11) is 0. The fourth-order valence-corrected chi connectivity index (χ4v) is 1.41. The average molecular weight is 482 g/mol. The molecule has 0 heterocycles. The van der Waals surface area contributed by atoms with Crippen LogP contribution in [0.2, 0.25) is 0 Å². The first-order valence-corrected chi connectivity index (χ1v) is 3.75. The molecule has 1 aliphatic carbocycles. The Morgan fingerprint density at radius 2 is 1.38 bits per heavy atom. The molecule has 13 heavy (non-hydrogen) atoms. The van der Waals surface area contributed by atoms with Crippen LogP contribution >= 0.6 is 48.0 Å². The van der Waals surface area contributed by atoms with Crippen molar-refractivity contribution < 1.29 is 26.2 Å². The second-order valence-electron chi connectivity index (χ2n) is 3.62. The van der Waals surface area contributed by atoms with E-state index >= 15 is 0 Å². The van der Waals surface area contributed by atoms with Crippen LogP contribution in [0.4, 0.5) is 0 Å². The summed E-state index contributed by atoms with van der Waals surface area (Å²) in [5.41, 5.74) is 4.39. The van der Waals surface area contributed by atoms with Gasteiger partial charge in [0.05, 0.1) is 0 Å². The van der Waals surface area contributed by atoms with E-state index in [0.717, 1.165) is 0 Å². The number of rotatable bonds is 0. The topological polar surface area (TPSA) is 0 Å². The smallest absolute Gasteiger partial charge is 0 e. The van der Waals surface area contributed by atoms with Crippen LogP contribution in [-0.4, -0.2) is 0 Å². The second kappa shape index (κ2) is 7.16. The fourth-order valence-electron chi connectivity index (χ4n) is 1.41. The summed E-state index contributed by atoms with van der Waals surface area (Å²) in [6.45, 7) is 10.9. The molecule has 0 fully saturated rings. The van der Waals surface area contributed by atoms with Gasteiger partial charge in [-0.1, -0.05) is 33.1 Å². The molecule has 0 amide bonds. The average Bonchev–Trinajstić information content (AvgIpc) is 1.95. The van der Waals surface area contributed by atoms with E-state index in [1.165, 1.54) is 16.7 Å². The second-order valence-corrected chi connectivity index (χ2v) is 3.62. The molecule has 0 spiro atoms. The van der Waals surface area contributed by atoms with Crippen LogP contribution in [0.1, 0.15) is 34.6 Å². The van der Waals surface area contributed by atoms with Crippen LogP contribution in [0.25, 0.3) is 0 Å². The first kappa shape index (κ1) is 20.3. The van der Waals surface area contributed by atoms with Crippen LogP contribution in [0.5, 0.6) is 0 Å². The molecule has 0 atom stereocenters. The third-order valence-corrected chi connectivity index (χ3v) is 2.56. The van der Waals surface area contributed by atoms with Gasteiger partial charge in [-0.2, -0.15) is 11.1 Å². The van der Waals surface area contributed by atoms with Crippen LogP contribution in [0.3, 0.4) is 0 Å². The van der Waals surface area contributed by atoms with Crippen molar-refractivity contribution in [3.8, 4) is 0 Å². The molecule has 0 N–H and O–H groups in total. The largest absolute Gasteiger partial charge is 0.263 e. The molecule has 0 saturated carbocycles. The molecule has 0 unspecified atom stereocenters. The van der Waals surface area contributed by atoms with Crippen LogP contribution in [0.15, 0.2) is 16.7 Å².